The summed E-state index contributed by atoms with van der Waals surface area (Å²) in [6.07, 6.45) is 1.34. The molecule has 6 aromatic carbocycles. The zero-order valence-corrected chi connectivity index (χ0v) is 39.4. The summed E-state index contributed by atoms with van der Waals surface area (Å²) >= 11 is 0. The first-order chi connectivity index (χ1) is 39.4. The number of para-hydroxylation sites is 1. The minimum absolute atomic E-state index is 0. The summed E-state index contributed by atoms with van der Waals surface area (Å²) in [4.78, 5) is 10.0. The van der Waals surface area contributed by atoms with Crippen LogP contribution in [0, 0.1) is 6.07 Å². The number of imidazole rings is 1. The molecule has 0 unspecified atom stereocenters. The number of rotatable bonds is 8. The minimum Gasteiger partial charge on any atom is -0.507 e. The van der Waals surface area contributed by atoms with Crippen LogP contribution in [0.15, 0.2) is 133 Å². The van der Waals surface area contributed by atoms with E-state index in [1.807, 2.05) is 78.8 Å². The topological polar surface area (TPSA) is 50.9 Å². The molecule has 0 aliphatic heterocycles. The van der Waals surface area contributed by atoms with Crippen LogP contribution in [0.25, 0.3) is 72.7 Å². The summed E-state index contributed by atoms with van der Waals surface area (Å²) < 4.78 is 190. The molecule has 2 aromatic heterocycles. The van der Waals surface area contributed by atoms with Crippen LogP contribution in [0.5, 0.6) is 5.75 Å². The fourth-order valence-electron chi connectivity index (χ4n) is 7.84. The van der Waals surface area contributed by atoms with Gasteiger partial charge in [-0.2, -0.15) is 0 Å². The molecule has 0 aliphatic carbocycles. The number of phenols is 1. The second kappa shape index (κ2) is 18.0. The molecule has 0 saturated heterocycles. The quantitative estimate of drug-likeness (QED) is 0.154. The van der Waals surface area contributed by atoms with Gasteiger partial charge in [-0.05, 0) is 97.4 Å². The Hall–Kier alpha value is -5.57. The molecule has 0 aliphatic rings. The van der Waals surface area contributed by atoms with Crippen molar-refractivity contribution >= 4 is 11.0 Å². The van der Waals surface area contributed by atoms with Crippen molar-refractivity contribution in [3.05, 3.63) is 167 Å². The largest absolute Gasteiger partial charge is 0.507 e. The van der Waals surface area contributed by atoms with Crippen molar-refractivity contribution in [3.63, 3.8) is 0 Å². The Morgan fingerprint density at radius 3 is 1.97 bits per heavy atom. The van der Waals surface area contributed by atoms with E-state index in [2.05, 4.69) is 11.1 Å². The Morgan fingerprint density at radius 2 is 1.31 bits per heavy atom. The zero-order valence-electron chi connectivity index (χ0n) is 59.2. The van der Waals surface area contributed by atoms with Gasteiger partial charge >= 0.3 is 0 Å². The van der Waals surface area contributed by atoms with E-state index in [4.69, 9.17) is 35.1 Å². The molecule has 0 spiro atoms. The monoisotopic (exact) mass is 1060 g/mol. The minimum atomic E-state index is -3.87. The van der Waals surface area contributed by atoms with Gasteiger partial charge in [-0.3, -0.25) is 9.55 Å². The molecule has 8 aromatic rings. The molecule has 65 heavy (non-hydrogen) atoms. The van der Waals surface area contributed by atoms with Crippen molar-refractivity contribution in [3.8, 4) is 67.5 Å². The molecule has 8 rings (SSSR count). The maximum absolute atomic E-state index is 12.4. The van der Waals surface area contributed by atoms with Crippen LogP contribution >= 0.6 is 0 Å². The number of aromatic nitrogens is 3. The summed E-state index contributed by atoms with van der Waals surface area (Å²) in [5, 5.41) is 12.4. The van der Waals surface area contributed by atoms with Gasteiger partial charge in [0.2, 0.25) is 0 Å². The zero-order chi connectivity index (χ0) is 64.4. The Balaban J connectivity index is 0.0000108. The predicted octanol–water partition coefficient (Wildman–Crippen LogP) is 16.4. The third-order valence-electron chi connectivity index (χ3n) is 11.5. The number of benzene rings is 6. The number of pyridine rings is 1. The van der Waals surface area contributed by atoms with E-state index in [9.17, 15) is 5.11 Å². The van der Waals surface area contributed by atoms with Crippen molar-refractivity contribution in [2.45, 2.75) is 118 Å². The smallest absolute Gasteiger partial charge is 0.148 e. The van der Waals surface area contributed by atoms with Crippen LogP contribution in [0.1, 0.15) is 159 Å². The van der Waals surface area contributed by atoms with Gasteiger partial charge in [0.25, 0.3) is 0 Å². The number of nitrogens with zero attached hydrogens (tertiary/aromatic N) is 3. The van der Waals surface area contributed by atoms with E-state index >= 15 is 0 Å². The molecule has 0 saturated carbocycles. The Kier molecular flexibility index (Phi) is 7.36. The maximum atomic E-state index is 12.4. The van der Waals surface area contributed by atoms with Crippen LogP contribution in [0.2, 0.25) is 0 Å². The SMILES string of the molecule is [2H]c1c([2H])c(C(C([2H])([2H])[2H])(C([2H])([2H])[2H])C([2H])([2H])[2H])c([2H])c([2H])c1-c1ccnc(-c2[c-]c(-c3cccc4c3nc(-c3cc(C(C)C)cc(C(C)C)c3O)n4-c3ccc(C(C([2H])([2H])[2H])(C([2H])([2H])[2H])C([2H])([2H])[2H])cc3-c3ccccc3)cc(C(C)(C)C)c2)c1.[Pt]. The Labute approximate surface area is 433 Å². The van der Waals surface area contributed by atoms with Crippen molar-refractivity contribution in [2.75, 3.05) is 0 Å². The normalized spacial score (nSPS) is 18.4. The van der Waals surface area contributed by atoms with E-state index < -0.39 is 98.2 Å². The first kappa shape index (κ1) is 26.5. The number of hydrogen-bond acceptors (Lipinski definition) is 3. The summed E-state index contributed by atoms with van der Waals surface area (Å²) in [5.74, 6) is -0.100. The third-order valence-corrected chi connectivity index (χ3v) is 11.5. The van der Waals surface area contributed by atoms with Gasteiger partial charge in [0, 0.05) is 63.2 Å². The molecule has 0 bridgehead atoms. The molecule has 2 heterocycles. The van der Waals surface area contributed by atoms with Gasteiger partial charge in [0.05, 0.1) is 27.8 Å². The predicted molar refractivity (Wildman–Crippen MR) is 271 cm³/mol. The van der Waals surface area contributed by atoms with Gasteiger partial charge in [-0.15, -0.1) is 29.3 Å². The molecular formula is C60H64N3OPt-. The Bertz CT molecular complexity index is 3820. The van der Waals surface area contributed by atoms with Crippen LogP contribution in [0.3, 0.4) is 0 Å². The maximum Gasteiger partial charge on any atom is 0.148 e. The van der Waals surface area contributed by atoms with E-state index in [1.165, 1.54) is 36.5 Å². The third kappa shape index (κ3) is 9.57. The molecule has 0 radical (unpaired) electrons. The van der Waals surface area contributed by atoms with E-state index in [0.717, 1.165) is 11.1 Å². The average molecular weight is 1060 g/mol. The molecule has 0 fully saturated rings. The molecule has 4 nitrogen and oxygen atoms in total. The van der Waals surface area contributed by atoms with E-state index in [-0.39, 0.29) is 61.3 Å². The van der Waals surface area contributed by atoms with Crippen LogP contribution in [0.4, 0.5) is 0 Å². The second-order valence-electron chi connectivity index (χ2n) is 18.0. The number of fused-ring (bicyclic) bond motifs is 1. The van der Waals surface area contributed by atoms with Gasteiger partial charge < -0.3 is 5.11 Å². The van der Waals surface area contributed by atoms with Crippen molar-refractivity contribution in [2.24, 2.45) is 0 Å². The van der Waals surface area contributed by atoms with E-state index in [1.54, 1.807) is 47.0 Å². The van der Waals surface area contributed by atoms with Gasteiger partial charge in [0.1, 0.15) is 11.6 Å². The first-order valence-corrected chi connectivity index (χ1v) is 21.1. The van der Waals surface area contributed by atoms with Crippen molar-refractivity contribution in [1.82, 2.24) is 14.5 Å². The van der Waals surface area contributed by atoms with Gasteiger partial charge in [-0.25, -0.2) is 4.98 Å². The number of phenolic OH excluding ortho intramolecular Hbond substituents is 1. The average Bonchev–Trinajstić information content (AvgIpc) is 1.20. The van der Waals surface area contributed by atoms with Crippen molar-refractivity contribution in [1.29, 1.82) is 0 Å². The molecule has 5 heteroatoms. The van der Waals surface area contributed by atoms with Gasteiger partial charge in [-0.1, -0.05) is 186 Å². The van der Waals surface area contributed by atoms with Gasteiger partial charge in [0.15, 0.2) is 0 Å². The summed E-state index contributed by atoms with van der Waals surface area (Å²) in [7, 11) is 0. The van der Waals surface area contributed by atoms with E-state index in [0.29, 0.717) is 50.1 Å². The number of hydrogen-bond donors (Lipinski definition) is 1. The molecule has 1 N–H and O–H groups in total. The fraction of sp³-hybridized carbons (Fsp3) is 0.300. The molecule has 0 amide bonds. The molecule has 336 valence electrons. The first-order valence-electron chi connectivity index (χ1n) is 32.1. The molecule has 0 atom stereocenters. The Morgan fingerprint density at radius 1 is 0.615 bits per heavy atom. The van der Waals surface area contributed by atoms with Crippen LogP contribution in [-0.4, -0.2) is 19.6 Å². The van der Waals surface area contributed by atoms with Crippen LogP contribution in [-0.2, 0) is 37.3 Å². The summed E-state index contributed by atoms with van der Waals surface area (Å²) in [6.45, 7) is -8.53. The number of aromatic hydroxyl groups is 1. The summed E-state index contributed by atoms with van der Waals surface area (Å²) in [6, 6.07) is 27.7. The van der Waals surface area contributed by atoms with Crippen LogP contribution < -0.4 is 0 Å². The summed E-state index contributed by atoms with van der Waals surface area (Å²) in [5.41, 5.74) is -4.08. The molecular weight excluding hydrogens is 974 g/mol. The van der Waals surface area contributed by atoms with Crippen molar-refractivity contribution < 1.29 is 56.3 Å². The fourth-order valence-corrected chi connectivity index (χ4v) is 7.84. The second-order valence-corrected chi connectivity index (χ2v) is 18.0. The standard InChI is InChI=1S/C60H64N3O.Pt/c1-37(2)42-33-49(38(3)4)56(64)51(34-42)57-62-55-48(20-17-21-54(55)63(57)53-27-26-46(59(8,9)10)36-50(53)40-18-15-14-16-19-40)43-30-44(32-47(31-43)60(11,12)13)52-35-41(28-29-61-52)39-22-24-45(25-23-39)58(5,6)7;/h14-29,31-38,64H,1-13H3;/q-1;/i5D3,6D3,7D3,8D3,9D3,10D3,22D,23D,24D,25D;.